The van der Waals surface area contributed by atoms with Gasteiger partial charge in [0.15, 0.2) is 0 Å². The lowest BCUT2D eigenvalue weighted by Crippen LogP contribution is -2.43. The van der Waals surface area contributed by atoms with Gasteiger partial charge in [0.1, 0.15) is 0 Å². The molecule has 0 radical (unpaired) electrons. The Balaban J connectivity index is 1.46. The predicted octanol–water partition coefficient (Wildman–Crippen LogP) is 3.06. The number of rotatable bonds is 2. The Kier molecular flexibility index (Phi) is 3.14. The Bertz CT molecular complexity index is 525. The topological polar surface area (TPSA) is 33.2 Å². The molecule has 20 heavy (non-hydrogen) atoms. The molecule has 0 unspecified atom stereocenters. The standard InChI is InChI=1S/C16H20N2OS/c19-16(14-9-11-3-4-12(14)8-11)18-6-1-2-13(10-18)15-17-5-7-20-15/h3-5,7,11-14H,1-2,6,8-10H2/t11-,12-,13-,14-/m0/s1. The van der Waals surface area contributed by atoms with Crippen LogP contribution in [0.15, 0.2) is 23.7 Å². The first kappa shape index (κ1) is 12.6. The largest absolute Gasteiger partial charge is 0.342 e. The third-order valence-corrected chi connectivity index (χ3v) is 6.07. The highest BCUT2D eigenvalue weighted by Gasteiger charge is 2.42. The second kappa shape index (κ2) is 4.99. The number of hydrogen-bond donors (Lipinski definition) is 0. The molecule has 4 rings (SSSR count). The Morgan fingerprint density at radius 1 is 1.35 bits per heavy atom. The van der Waals surface area contributed by atoms with Crippen molar-refractivity contribution >= 4 is 17.2 Å². The summed E-state index contributed by atoms with van der Waals surface area (Å²) in [6.45, 7) is 1.82. The van der Waals surface area contributed by atoms with E-state index in [4.69, 9.17) is 0 Å². The summed E-state index contributed by atoms with van der Waals surface area (Å²) in [6, 6.07) is 0. The number of thiazole rings is 1. The minimum absolute atomic E-state index is 0.264. The normalized spacial score (nSPS) is 35.7. The van der Waals surface area contributed by atoms with Gasteiger partial charge in [-0.1, -0.05) is 12.2 Å². The number of amides is 1. The lowest BCUT2D eigenvalue weighted by molar-refractivity contribution is -0.137. The molecular formula is C16H20N2OS. The van der Waals surface area contributed by atoms with Crippen molar-refractivity contribution in [2.24, 2.45) is 17.8 Å². The lowest BCUT2D eigenvalue weighted by Gasteiger charge is -2.34. The van der Waals surface area contributed by atoms with Crippen LogP contribution in [0.3, 0.4) is 0 Å². The van der Waals surface area contributed by atoms with Crippen molar-refractivity contribution in [1.29, 1.82) is 0 Å². The monoisotopic (exact) mass is 288 g/mol. The van der Waals surface area contributed by atoms with E-state index in [9.17, 15) is 4.79 Å². The highest BCUT2D eigenvalue weighted by Crippen LogP contribution is 2.44. The van der Waals surface area contributed by atoms with Gasteiger partial charge in [-0.05, 0) is 37.5 Å². The Morgan fingerprint density at radius 3 is 3.00 bits per heavy atom. The predicted molar refractivity (Wildman–Crippen MR) is 79.5 cm³/mol. The molecule has 0 N–H and O–H groups in total. The first-order valence-electron chi connectivity index (χ1n) is 7.68. The maximum absolute atomic E-state index is 12.8. The van der Waals surface area contributed by atoms with Crippen LogP contribution >= 0.6 is 11.3 Å². The molecule has 4 heteroatoms. The van der Waals surface area contributed by atoms with Gasteiger partial charge in [0.2, 0.25) is 5.91 Å². The van der Waals surface area contributed by atoms with Crippen LogP contribution in [-0.2, 0) is 4.79 Å². The van der Waals surface area contributed by atoms with Crippen LogP contribution in [0, 0.1) is 17.8 Å². The fourth-order valence-electron chi connectivity index (χ4n) is 4.11. The second-order valence-corrected chi connectivity index (χ2v) is 7.31. The molecule has 0 aromatic carbocycles. The number of hydrogen-bond acceptors (Lipinski definition) is 3. The molecule has 1 amide bonds. The van der Waals surface area contributed by atoms with Gasteiger partial charge in [-0.15, -0.1) is 11.3 Å². The highest BCUT2D eigenvalue weighted by atomic mass is 32.1. The average molecular weight is 288 g/mol. The number of piperidine rings is 1. The summed E-state index contributed by atoms with van der Waals surface area (Å²) in [4.78, 5) is 19.3. The molecule has 1 aliphatic heterocycles. The molecular weight excluding hydrogens is 268 g/mol. The van der Waals surface area contributed by atoms with E-state index >= 15 is 0 Å². The Morgan fingerprint density at radius 2 is 2.30 bits per heavy atom. The van der Waals surface area contributed by atoms with Crippen molar-refractivity contribution in [2.45, 2.75) is 31.6 Å². The minimum atomic E-state index is 0.264. The molecule has 1 saturated carbocycles. The van der Waals surface area contributed by atoms with Crippen LogP contribution in [0.1, 0.15) is 36.6 Å². The van der Waals surface area contributed by atoms with Gasteiger partial charge in [-0.3, -0.25) is 4.79 Å². The summed E-state index contributed by atoms with van der Waals surface area (Å²) in [6.07, 6.45) is 11.0. The van der Waals surface area contributed by atoms with Gasteiger partial charge in [0.05, 0.1) is 5.01 Å². The summed E-state index contributed by atoms with van der Waals surface area (Å²) in [7, 11) is 0. The molecule has 2 aliphatic carbocycles. The molecule has 4 atom stereocenters. The number of nitrogens with zero attached hydrogens (tertiary/aromatic N) is 2. The van der Waals surface area contributed by atoms with E-state index < -0.39 is 0 Å². The fourth-order valence-corrected chi connectivity index (χ4v) is 4.88. The zero-order valence-electron chi connectivity index (χ0n) is 11.6. The number of likely N-dealkylation sites (tertiary alicyclic amines) is 1. The van der Waals surface area contributed by atoms with Crippen LogP contribution in [-0.4, -0.2) is 28.9 Å². The first-order chi connectivity index (χ1) is 9.81. The fraction of sp³-hybridized carbons (Fsp3) is 0.625. The van der Waals surface area contributed by atoms with Gasteiger partial charge in [0.25, 0.3) is 0 Å². The number of fused-ring (bicyclic) bond motifs is 2. The van der Waals surface area contributed by atoms with E-state index in [1.54, 1.807) is 11.3 Å². The number of allylic oxidation sites excluding steroid dienone is 2. The second-order valence-electron chi connectivity index (χ2n) is 6.38. The quantitative estimate of drug-likeness (QED) is 0.784. The molecule has 3 aliphatic rings. The van der Waals surface area contributed by atoms with Crippen molar-refractivity contribution in [3.63, 3.8) is 0 Å². The smallest absolute Gasteiger partial charge is 0.226 e. The number of carbonyl (C=O) groups is 1. The van der Waals surface area contributed by atoms with Crippen molar-refractivity contribution in [3.8, 4) is 0 Å². The summed E-state index contributed by atoms with van der Waals surface area (Å²) in [5.74, 6) is 2.33. The van der Waals surface area contributed by atoms with Gasteiger partial charge >= 0.3 is 0 Å². The highest BCUT2D eigenvalue weighted by molar-refractivity contribution is 7.09. The lowest BCUT2D eigenvalue weighted by atomic mass is 9.90. The maximum Gasteiger partial charge on any atom is 0.226 e. The van der Waals surface area contributed by atoms with Crippen LogP contribution in [0.4, 0.5) is 0 Å². The number of carbonyl (C=O) groups excluding carboxylic acids is 1. The summed E-state index contributed by atoms with van der Waals surface area (Å²) in [5, 5.41) is 3.24. The molecule has 2 bridgehead atoms. The number of aromatic nitrogens is 1. The van der Waals surface area contributed by atoms with Crippen molar-refractivity contribution in [1.82, 2.24) is 9.88 Å². The van der Waals surface area contributed by atoms with Crippen LogP contribution in [0.2, 0.25) is 0 Å². The maximum atomic E-state index is 12.8. The molecule has 1 aromatic rings. The summed E-state index contributed by atoms with van der Waals surface area (Å²) in [5.41, 5.74) is 0. The molecule has 0 spiro atoms. The Hall–Kier alpha value is -1.16. The molecule has 2 fully saturated rings. The molecule has 2 heterocycles. The van der Waals surface area contributed by atoms with Gasteiger partial charge < -0.3 is 4.90 Å². The minimum Gasteiger partial charge on any atom is -0.342 e. The van der Waals surface area contributed by atoms with Crippen LogP contribution in [0.5, 0.6) is 0 Å². The summed E-state index contributed by atoms with van der Waals surface area (Å²) < 4.78 is 0. The third kappa shape index (κ3) is 2.10. The van der Waals surface area contributed by atoms with E-state index in [1.807, 2.05) is 11.6 Å². The third-order valence-electron chi connectivity index (χ3n) is 5.13. The van der Waals surface area contributed by atoms with E-state index in [-0.39, 0.29) is 5.92 Å². The molecule has 3 nitrogen and oxygen atoms in total. The van der Waals surface area contributed by atoms with Gasteiger partial charge in [-0.2, -0.15) is 0 Å². The van der Waals surface area contributed by atoms with Crippen LogP contribution < -0.4 is 0 Å². The molecule has 1 aromatic heterocycles. The van der Waals surface area contributed by atoms with E-state index in [0.29, 0.717) is 23.7 Å². The molecule has 106 valence electrons. The zero-order valence-corrected chi connectivity index (χ0v) is 12.4. The summed E-state index contributed by atoms with van der Waals surface area (Å²) >= 11 is 1.73. The van der Waals surface area contributed by atoms with E-state index in [2.05, 4.69) is 22.0 Å². The van der Waals surface area contributed by atoms with E-state index in [0.717, 1.165) is 25.9 Å². The SMILES string of the molecule is O=C([C@H]1C[C@H]2C=C[C@H]1C2)N1CCC[C@H](c2nccs2)C1. The van der Waals surface area contributed by atoms with Crippen molar-refractivity contribution in [2.75, 3.05) is 13.1 Å². The first-order valence-corrected chi connectivity index (χ1v) is 8.55. The van der Waals surface area contributed by atoms with E-state index in [1.165, 1.54) is 17.8 Å². The Labute approximate surface area is 123 Å². The van der Waals surface area contributed by atoms with Crippen molar-refractivity contribution in [3.05, 3.63) is 28.7 Å². The van der Waals surface area contributed by atoms with Gasteiger partial charge in [0, 0.05) is 36.5 Å². The van der Waals surface area contributed by atoms with Crippen LogP contribution in [0.25, 0.3) is 0 Å². The zero-order chi connectivity index (χ0) is 13.5. The molecule has 1 saturated heterocycles. The van der Waals surface area contributed by atoms with Gasteiger partial charge in [-0.25, -0.2) is 4.98 Å². The van der Waals surface area contributed by atoms with Crippen molar-refractivity contribution < 1.29 is 4.79 Å². The average Bonchev–Trinajstić information content (AvgIpc) is 3.23.